The average molecular weight is 626 g/mol. The predicted octanol–water partition coefficient (Wildman–Crippen LogP) is 6.34. The van der Waals surface area contributed by atoms with Gasteiger partial charge in [0.2, 0.25) is 5.13 Å². The van der Waals surface area contributed by atoms with Crippen LogP contribution < -0.4 is 4.72 Å². The number of benzene rings is 2. The normalized spacial score (nSPS) is 13.8. The van der Waals surface area contributed by atoms with Gasteiger partial charge in [-0.3, -0.25) is 9.27 Å². The van der Waals surface area contributed by atoms with E-state index in [1.165, 1.54) is 23.6 Å². The summed E-state index contributed by atoms with van der Waals surface area (Å²) in [6, 6.07) is 8.76. The van der Waals surface area contributed by atoms with Crippen molar-refractivity contribution in [3.8, 4) is 27.5 Å². The number of carboxylic acid groups (broad SMARTS) is 1. The number of halogens is 2. The fraction of sp³-hybridized carbons (Fsp3) is 0.241. The smallest absolute Gasteiger partial charge is 0.355 e. The highest BCUT2D eigenvalue weighted by Gasteiger charge is 2.30. The van der Waals surface area contributed by atoms with Crippen LogP contribution in [0.15, 0.2) is 46.3 Å². The summed E-state index contributed by atoms with van der Waals surface area (Å²) >= 11 is -1.23. The SMILES string of the molecule is Cc1noc(C)c1-c1cc(-c2nn(-c3nc(C(=O)O)cs3)c(CC3CC3)c2Cc2ccc(NS(=O)O)cc2F)ccc1F. The van der Waals surface area contributed by atoms with Gasteiger partial charge in [0.25, 0.3) is 11.3 Å². The number of anilines is 1. The minimum absolute atomic E-state index is 0.0981. The quantitative estimate of drug-likeness (QED) is 0.153. The Morgan fingerprint density at radius 1 is 1.19 bits per heavy atom. The van der Waals surface area contributed by atoms with Crippen molar-refractivity contribution in [1.29, 1.82) is 0 Å². The van der Waals surface area contributed by atoms with Crippen LogP contribution >= 0.6 is 11.3 Å². The van der Waals surface area contributed by atoms with E-state index < -0.39 is 28.9 Å². The molecule has 1 unspecified atom stereocenters. The number of carbonyl (C=O) groups is 1. The first kappa shape index (κ1) is 28.8. The molecule has 0 amide bonds. The molecule has 1 aliphatic carbocycles. The number of hydrogen-bond acceptors (Lipinski definition) is 7. The van der Waals surface area contributed by atoms with Crippen molar-refractivity contribution < 1.29 is 32.0 Å². The highest BCUT2D eigenvalue weighted by molar-refractivity contribution is 7.80. The lowest BCUT2D eigenvalue weighted by Crippen LogP contribution is -2.07. The van der Waals surface area contributed by atoms with Crippen molar-refractivity contribution >= 4 is 34.3 Å². The Balaban J connectivity index is 1.54. The summed E-state index contributed by atoms with van der Waals surface area (Å²) in [5, 5.41) is 20.1. The number of rotatable bonds is 10. The third-order valence-electron chi connectivity index (χ3n) is 7.33. The monoisotopic (exact) mass is 625 g/mol. The Labute approximate surface area is 250 Å². The van der Waals surface area contributed by atoms with Crippen LogP contribution in [0.25, 0.3) is 27.5 Å². The number of carboxylic acids is 1. The highest BCUT2D eigenvalue weighted by Crippen LogP contribution is 2.40. The summed E-state index contributed by atoms with van der Waals surface area (Å²) < 4.78 is 60.0. The molecule has 0 aliphatic heterocycles. The van der Waals surface area contributed by atoms with E-state index in [-0.39, 0.29) is 23.4 Å². The Morgan fingerprint density at radius 3 is 2.60 bits per heavy atom. The molecular weight excluding hydrogens is 600 g/mol. The molecule has 43 heavy (non-hydrogen) atoms. The zero-order valence-electron chi connectivity index (χ0n) is 22.9. The maximum atomic E-state index is 15.4. The van der Waals surface area contributed by atoms with Crippen molar-refractivity contribution in [2.24, 2.45) is 5.92 Å². The molecule has 0 spiro atoms. The van der Waals surface area contributed by atoms with E-state index in [1.807, 2.05) is 0 Å². The largest absolute Gasteiger partial charge is 0.476 e. The average Bonchev–Trinajstić information content (AvgIpc) is 3.35. The lowest BCUT2D eigenvalue weighted by atomic mass is 9.94. The summed E-state index contributed by atoms with van der Waals surface area (Å²) in [5.74, 6) is -1.40. The third-order valence-corrected chi connectivity index (χ3v) is 8.56. The summed E-state index contributed by atoms with van der Waals surface area (Å²) in [4.78, 5) is 15.9. The molecule has 10 nitrogen and oxygen atoms in total. The van der Waals surface area contributed by atoms with Crippen LogP contribution in [0.5, 0.6) is 0 Å². The van der Waals surface area contributed by atoms with Gasteiger partial charge in [-0.25, -0.2) is 27.5 Å². The molecule has 1 atom stereocenters. The van der Waals surface area contributed by atoms with E-state index in [1.54, 1.807) is 30.7 Å². The first-order valence-corrected chi connectivity index (χ1v) is 15.3. The topological polar surface area (TPSA) is 143 Å². The highest BCUT2D eigenvalue weighted by atomic mass is 32.2. The molecule has 0 radical (unpaired) electrons. The van der Waals surface area contributed by atoms with Crippen LogP contribution in [0.2, 0.25) is 0 Å². The van der Waals surface area contributed by atoms with E-state index in [9.17, 15) is 14.1 Å². The third kappa shape index (κ3) is 5.85. The molecule has 6 rings (SSSR count). The van der Waals surface area contributed by atoms with E-state index in [4.69, 9.17) is 14.2 Å². The summed E-state index contributed by atoms with van der Waals surface area (Å²) in [5.41, 5.74) is 4.13. The second-order valence-corrected chi connectivity index (χ2v) is 11.9. The second-order valence-electron chi connectivity index (χ2n) is 10.4. The van der Waals surface area contributed by atoms with Gasteiger partial charge in [0.15, 0.2) is 5.69 Å². The maximum Gasteiger partial charge on any atom is 0.355 e. The van der Waals surface area contributed by atoms with Crippen LogP contribution in [0.4, 0.5) is 14.5 Å². The maximum absolute atomic E-state index is 15.4. The molecule has 1 aliphatic rings. The van der Waals surface area contributed by atoms with Crippen molar-refractivity contribution in [3.05, 3.63) is 87.4 Å². The van der Waals surface area contributed by atoms with Crippen LogP contribution in [0.3, 0.4) is 0 Å². The Bertz CT molecular complexity index is 1880. The molecule has 3 heterocycles. The number of nitrogens with zero attached hydrogens (tertiary/aromatic N) is 4. The molecule has 0 saturated heterocycles. The van der Waals surface area contributed by atoms with Crippen LogP contribution in [-0.2, 0) is 24.1 Å². The van der Waals surface area contributed by atoms with Gasteiger partial charge < -0.3 is 9.63 Å². The lowest BCUT2D eigenvalue weighted by Gasteiger charge is -2.11. The van der Waals surface area contributed by atoms with Gasteiger partial charge in [0.1, 0.15) is 17.4 Å². The van der Waals surface area contributed by atoms with Crippen molar-refractivity contribution in [2.75, 3.05) is 4.72 Å². The molecule has 3 N–H and O–H groups in total. The van der Waals surface area contributed by atoms with Gasteiger partial charge in [-0.1, -0.05) is 11.2 Å². The van der Waals surface area contributed by atoms with E-state index in [0.717, 1.165) is 35.9 Å². The molecule has 14 heteroatoms. The fourth-order valence-corrected chi connectivity index (χ4v) is 6.20. The molecule has 3 aromatic heterocycles. The minimum atomic E-state index is -2.36. The number of thiazole rings is 1. The standard InChI is InChI=1S/C29H25F2N5O5S2/c1-14-26(15(2)41-34-14)20-11-18(6-8-22(20)30)27-21(10-17-5-7-19(12-23(17)31)35-43(39)40)25(9-16-3-4-16)36(33-27)29-32-24(13-42-29)28(37)38/h5-8,11-13,16,35H,3-4,9-10H2,1-2H3,(H,37,38)(H,39,40). The summed E-state index contributed by atoms with van der Waals surface area (Å²) in [6.45, 7) is 3.42. The molecule has 5 aromatic rings. The van der Waals surface area contributed by atoms with Crippen molar-refractivity contribution in [2.45, 2.75) is 39.5 Å². The van der Waals surface area contributed by atoms with Gasteiger partial charge >= 0.3 is 5.97 Å². The van der Waals surface area contributed by atoms with Crippen LogP contribution in [0.1, 0.15) is 51.6 Å². The fourth-order valence-electron chi connectivity index (χ4n) is 5.10. The number of hydrogen-bond donors (Lipinski definition) is 3. The van der Waals surface area contributed by atoms with Crippen LogP contribution in [-0.4, -0.2) is 39.8 Å². The zero-order valence-corrected chi connectivity index (χ0v) is 24.6. The van der Waals surface area contributed by atoms with Gasteiger partial charge in [-0.15, -0.1) is 11.3 Å². The molecule has 0 bridgehead atoms. The molecule has 1 saturated carbocycles. The molecule has 222 valence electrons. The number of aromatic carboxylic acids is 1. The number of aryl methyl sites for hydroxylation is 2. The van der Waals surface area contributed by atoms with E-state index in [2.05, 4.69) is 14.9 Å². The van der Waals surface area contributed by atoms with Gasteiger partial charge in [-0.05, 0) is 74.9 Å². The van der Waals surface area contributed by atoms with Gasteiger partial charge in [0, 0.05) is 28.5 Å². The predicted molar refractivity (Wildman–Crippen MR) is 157 cm³/mol. The number of nitrogens with one attached hydrogen (secondary N) is 1. The van der Waals surface area contributed by atoms with Crippen molar-refractivity contribution in [3.63, 3.8) is 0 Å². The molecule has 2 aromatic carbocycles. The van der Waals surface area contributed by atoms with Gasteiger partial charge in [-0.2, -0.15) is 5.10 Å². The molecular formula is C29H25F2N5O5S2. The summed E-state index contributed by atoms with van der Waals surface area (Å²) in [6.07, 6.45) is 2.73. The van der Waals surface area contributed by atoms with Crippen molar-refractivity contribution in [1.82, 2.24) is 19.9 Å². The van der Waals surface area contributed by atoms with E-state index in [0.29, 0.717) is 56.9 Å². The first-order valence-electron chi connectivity index (χ1n) is 13.3. The first-order chi connectivity index (χ1) is 20.6. The van der Waals surface area contributed by atoms with Gasteiger partial charge in [0.05, 0.1) is 28.3 Å². The van der Waals surface area contributed by atoms with E-state index >= 15 is 8.78 Å². The summed E-state index contributed by atoms with van der Waals surface area (Å²) in [7, 11) is 0. The zero-order chi connectivity index (χ0) is 30.4. The minimum Gasteiger partial charge on any atom is -0.476 e. The number of aromatic nitrogens is 4. The lowest BCUT2D eigenvalue weighted by molar-refractivity contribution is 0.0691. The Hall–Kier alpha value is -4.27. The molecule has 1 fully saturated rings. The Kier molecular flexibility index (Phi) is 7.66. The second kappa shape index (κ2) is 11.4. The van der Waals surface area contributed by atoms with Crippen LogP contribution in [0, 0.1) is 31.4 Å². The Morgan fingerprint density at radius 2 is 1.98 bits per heavy atom.